The highest BCUT2D eigenvalue weighted by Gasteiger charge is 2.50. The second kappa shape index (κ2) is 6.46. The van der Waals surface area contributed by atoms with E-state index in [4.69, 9.17) is 5.10 Å². The molecule has 1 saturated heterocycles. The van der Waals surface area contributed by atoms with E-state index >= 15 is 0 Å². The van der Waals surface area contributed by atoms with Gasteiger partial charge in [0.05, 0.1) is 16.8 Å². The van der Waals surface area contributed by atoms with Crippen LogP contribution in [0.1, 0.15) is 36.2 Å². The molecule has 0 radical (unpaired) electrons. The second-order valence-corrected chi connectivity index (χ2v) is 8.12. The zero-order chi connectivity index (χ0) is 18.4. The molecule has 0 aliphatic carbocycles. The number of piperidine rings is 1. The van der Waals surface area contributed by atoms with E-state index in [-0.39, 0.29) is 11.3 Å². The summed E-state index contributed by atoms with van der Waals surface area (Å²) >= 11 is 0. The van der Waals surface area contributed by atoms with Gasteiger partial charge in [-0.05, 0) is 56.6 Å². The van der Waals surface area contributed by atoms with E-state index in [2.05, 4.69) is 39.2 Å². The van der Waals surface area contributed by atoms with Gasteiger partial charge in [-0.1, -0.05) is 18.2 Å². The maximum absolute atomic E-state index is 13.1. The smallest absolute Gasteiger partial charge is 0.237 e. The lowest BCUT2D eigenvalue weighted by molar-refractivity contribution is -0.124. The molecule has 0 bridgehead atoms. The zero-order valence-electron chi connectivity index (χ0n) is 15.9. The molecule has 3 aliphatic heterocycles. The number of likely N-dealkylation sites (tertiary alicyclic amines) is 1. The van der Waals surface area contributed by atoms with E-state index in [1.807, 2.05) is 18.0 Å². The molecule has 1 amide bonds. The first-order chi connectivity index (χ1) is 13.2. The van der Waals surface area contributed by atoms with Crippen LogP contribution >= 0.6 is 0 Å². The number of aryl methyl sites for hydroxylation is 1. The molecule has 1 aromatic heterocycles. The van der Waals surface area contributed by atoms with Crippen molar-refractivity contribution in [2.45, 2.75) is 44.3 Å². The fourth-order valence-electron chi connectivity index (χ4n) is 5.02. The summed E-state index contributed by atoms with van der Waals surface area (Å²) in [6.45, 7) is 5.73. The van der Waals surface area contributed by atoms with E-state index in [0.717, 1.165) is 69.9 Å². The third kappa shape index (κ3) is 2.70. The van der Waals surface area contributed by atoms with Gasteiger partial charge in [-0.2, -0.15) is 5.10 Å². The fourth-order valence-corrected chi connectivity index (χ4v) is 5.02. The Hall–Kier alpha value is -2.18. The molecule has 2 aromatic rings. The highest BCUT2D eigenvalue weighted by molar-refractivity contribution is 6.07. The molecule has 6 heteroatoms. The van der Waals surface area contributed by atoms with Gasteiger partial charge >= 0.3 is 0 Å². The monoisotopic (exact) mass is 365 g/mol. The Morgan fingerprint density at radius 1 is 1.19 bits per heavy atom. The Labute approximate surface area is 160 Å². The standard InChI is InChI=1S/C21H27N5O/c1-24-19-6-3-2-5-18(19)21(20(24)27)7-11-25(12-8-21)15-16-13-17-14-22-9-4-10-26(17)23-16/h2-3,5-6,13,22H,4,7-12,14-15H2,1H3. The van der Waals surface area contributed by atoms with Gasteiger partial charge in [0.15, 0.2) is 0 Å². The first-order valence-electron chi connectivity index (χ1n) is 10.0. The summed E-state index contributed by atoms with van der Waals surface area (Å²) in [7, 11) is 1.91. The average Bonchev–Trinajstić information content (AvgIpc) is 3.06. The Bertz CT molecular complexity index is 842. The number of anilines is 1. The molecule has 6 nitrogen and oxygen atoms in total. The number of aromatic nitrogens is 2. The van der Waals surface area contributed by atoms with Gasteiger partial charge in [0.25, 0.3) is 0 Å². The molecule has 4 heterocycles. The van der Waals surface area contributed by atoms with E-state index in [1.165, 1.54) is 11.3 Å². The number of hydrogen-bond acceptors (Lipinski definition) is 4. The Kier molecular flexibility index (Phi) is 4.06. The van der Waals surface area contributed by atoms with Gasteiger partial charge in [-0.3, -0.25) is 14.4 Å². The SMILES string of the molecule is CN1C(=O)C2(CCN(Cc3cc4n(n3)CCCNC4)CC2)c2ccccc21. The normalized spacial score (nSPS) is 22.0. The number of rotatable bonds is 2. The maximum Gasteiger partial charge on any atom is 0.237 e. The van der Waals surface area contributed by atoms with Crippen LogP contribution in [0, 0.1) is 0 Å². The van der Waals surface area contributed by atoms with Crippen molar-refractivity contribution in [3.63, 3.8) is 0 Å². The Morgan fingerprint density at radius 2 is 2.00 bits per heavy atom. The number of carbonyl (C=O) groups excluding carboxylic acids is 1. The van der Waals surface area contributed by atoms with Gasteiger partial charge in [0, 0.05) is 32.4 Å². The van der Waals surface area contributed by atoms with E-state index in [1.54, 1.807) is 0 Å². The quantitative estimate of drug-likeness (QED) is 0.883. The molecule has 0 unspecified atom stereocenters. The van der Waals surface area contributed by atoms with Crippen LogP contribution in [-0.2, 0) is 29.8 Å². The highest BCUT2D eigenvalue weighted by Crippen LogP contribution is 2.47. The zero-order valence-corrected chi connectivity index (χ0v) is 15.9. The number of benzene rings is 1. The van der Waals surface area contributed by atoms with Crippen LogP contribution in [0.25, 0.3) is 0 Å². The molecule has 1 aromatic carbocycles. The summed E-state index contributed by atoms with van der Waals surface area (Å²) in [4.78, 5) is 17.4. The Morgan fingerprint density at radius 3 is 2.85 bits per heavy atom. The van der Waals surface area contributed by atoms with Crippen molar-refractivity contribution in [1.29, 1.82) is 0 Å². The van der Waals surface area contributed by atoms with Crippen molar-refractivity contribution in [2.24, 2.45) is 0 Å². The largest absolute Gasteiger partial charge is 0.314 e. The van der Waals surface area contributed by atoms with Crippen molar-refractivity contribution in [3.05, 3.63) is 47.3 Å². The molecular weight excluding hydrogens is 338 g/mol. The molecule has 27 heavy (non-hydrogen) atoms. The van der Waals surface area contributed by atoms with Crippen LogP contribution < -0.4 is 10.2 Å². The molecule has 3 aliphatic rings. The summed E-state index contributed by atoms with van der Waals surface area (Å²) in [6, 6.07) is 10.5. The molecule has 0 saturated carbocycles. The summed E-state index contributed by atoms with van der Waals surface area (Å²) in [5.41, 5.74) is 4.42. The number of nitrogens with zero attached hydrogens (tertiary/aromatic N) is 4. The summed E-state index contributed by atoms with van der Waals surface area (Å²) in [6.07, 6.45) is 2.92. The number of carbonyl (C=O) groups is 1. The lowest BCUT2D eigenvalue weighted by Gasteiger charge is -2.38. The minimum absolute atomic E-state index is 0.267. The highest BCUT2D eigenvalue weighted by atomic mass is 16.2. The lowest BCUT2D eigenvalue weighted by atomic mass is 9.73. The van der Waals surface area contributed by atoms with Crippen LogP contribution in [0.2, 0.25) is 0 Å². The minimum Gasteiger partial charge on any atom is -0.314 e. The predicted octanol–water partition coefficient (Wildman–Crippen LogP) is 1.89. The third-order valence-corrected chi connectivity index (χ3v) is 6.53. The van der Waals surface area contributed by atoms with Crippen LogP contribution in [0.3, 0.4) is 0 Å². The maximum atomic E-state index is 13.1. The van der Waals surface area contributed by atoms with Crippen molar-refractivity contribution < 1.29 is 4.79 Å². The second-order valence-electron chi connectivity index (χ2n) is 8.12. The molecule has 1 N–H and O–H groups in total. The first kappa shape index (κ1) is 17.0. The Balaban J connectivity index is 1.30. The van der Waals surface area contributed by atoms with Crippen LogP contribution in [0.5, 0.6) is 0 Å². The van der Waals surface area contributed by atoms with Crippen LogP contribution in [0.4, 0.5) is 5.69 Å². The molecule has 0 atom stereocenters. The molecule has 5 rings (SSSR count). The van der Waals surface area contributed by atoms with Crippen molar-refractivity contribution in [2.75, 3.05) is 31.6 Å². The number of nitrogens with one attached hydrogen (secondary N) is 1. The van der Waals surface area contributed by atoms with E-state index in [9.17, 15) is 4.79 Å². The predicted molar refractivity (Wildman–Crippen MR) is 105 cm³/mol. The van der Waals surface area contributed by atoms with Crippen molar-refractivity contribution in [1.82, 2.24) is 20.0 Å². The fraction of sp³-hybridized carbons (Fsp3) is 0.524. The minimum atomic E-state index is -0.322. The summed E-state index contributed by atoms with van der Waals surface area (Å²) in [5.74, 6) is 0.267. The van der Waals surface area contributed by atoms with Crippen molar-refractivity contribution >= 4 is 11.6 Å². The number of likely N-dealkylation sites (N-methyl/N-ethyl adjacent to an activating group) is 1. The van der Waals surface area contributed by atoms with Crippen LogP contribution in [0.15, 0.2) is 30.3 Å². The van der Waals surface area contributed by atoms with Gasteiger partial charge in [-0.25, -0.2) is 0 Å². The average molecular weight is 365 g/mol. The van der Waals surface area contributed by atoms with Gasteiger partial charge in [0.1, 0.15) is 0 Å². The van der Waals surface area contributed by atoms with Gasteiger partial charge < -0.3 is 10.2 Å². The molecular formula is C21H27N5O. The number of hydrogen-bond donors (Lipinski definition) is 1. The number of para-hydroxylation sites is 1. The summed E-state index contributed by atoms with van der Waals surface area (Å²) < 4.78 is 2.16. The van der Waals surface area contributed by atoms with E-state index < -0.39 is 0 Å². The van der Waals surface area contributed by atoms with Gasteiger partial charge in [0.2, 0.25) is 5.91 Å². The van der Waals surface area contributed by atoms with Crippen LogP contribution in [-0.4, -0.2) is 47.3 Å². The lowest BCUT2D eigenvalue weighted by Crippen LogP contribution is -2.47. The first-order valence-corrected chi connectivity index (χ1v) is 10.0. The van der Waals surface area contributed by atoms with E-state index in [0.29, 0.717) is 0 Å². The molecule has 1 spiro atoms. The number of amides is 1. The topological polar surface area (TPSA) is 53.4 Å². The number of fused-ring (bicyclic) bond motifs is 3. The molecule has 142 valence electrons. The van der Waals surface area contributed by atoms with Crippen molar-refractivity contribution in [3.8, 4) is 0 Å². The van der Waals surface area contributed by atoms with Gasteiger partial charge in [-0.15, -0.1) is 0 Å². The summed E-state index contributed by atoms with van der Waals surface area (Å²) in [5, 5.41) is 8.27. The molecule has 1 fully saturated rings. The third-order valence-electron chi connectivity index (χ3n) is 6.53.